The summed E-state index contributed by atoms with van der Waals surface area (Å²) in [5.74, 6) is -0.477. The number of sulfonamides is 2. The molecule has 0 spiro atoms. The molecule has 3 rings (SSSR count). The predicted molar refractivity (Wildman–Crippen MR) is 142 cm³/mol. The average molecular weight is 597 g/mol. The topological polar surface area (TPSA) is 122 Å². The normalized spacial score (nSPS) is 11.8. The lowest BCUT2D eigenvalue weighted by Crippen LogP contribution is -2.38. The molecule has 0 aliphatic carbocycles. The van der Waals surface area contributed by atoms with Crippen molar-refractivity contribution in [1.29, 1.82) is 0 Å². The molecule has 3 aromatic rings. The van der Waals surface area contributed by atoms with Gasteiger partial charge in [0.2, 0.25) is 15.9 Å². The van der Waals surface area contributed by atoms with Gasteiger partial charge in [0.1, 0.15) is 12.3 Å². The van der Waals surface area contributed by atoms with Crippen molar-refractivity contribution in [3.05, 3.63) is 77.3 Å². The summed E-state index contributed by atoms with van der Waals surface area (Å²) >= 11 is 3.32. The van der Waals surface area contributed by atoms with E-state index in [-0.39, 0.29) is 33.0 Å². The molecule has 0 atom stereocenters. The van der Waals surface area contributed by atoms with E-state index in [1.54, 1.807) is 56.3 Å². The van der Waals surface area contributed by atoms with Gasteiger partial charge in [0.05, 0.1) is 28.3 Å². The summed E-state index contributed by atoms with van der Waals surface area (Å²) in [7, 11) is -6.56. The summed E-state index contributed by atoms with van der Waals surface area (Å²) in [6.07, 6.45) is 0. The third-order valence-electron chi connectivity index (χ3n) is 4.88. The zero-order chi connectivity index (χ0) is 26.5. The highest BCUT2D eigenvalue weighted by Gasteiger charge is 2.28. The summed E-state index contributed by atoms with van der Waals surface area (Å²) in [4.78, 5) is 13.0. The van der Waals surface area contributed by atoms with Crippen LogP contribution in [-0.2, 0) is 24.8 Å². The first kappa shape index (κ1) is 27.7. The molecule has 9 nitrogen and oxygen atoms in total. The number of carbonyl (C=O) groups is 1. The molecule has 12 heteroatoms. The van der Waals surface area contributed by atoms with Crippen molar-refractivity contribution in [1.82, 2.24) is 4.72 Å². The standard InChI is InChI=1S/C24H26BrN3O6S2/c1-17(2)27-35(30,31)21-13-14-23(34-3)22(15-21)26-24(29)16-28(19-11-9-18(25)10-12-19)36(32,33)20-7-5-4-6-8-20/h4-15,17,27H,16H2,1-3H3,(H,26,29). The number of rotatable bonds is 10. The number of hydrogen-bond donors (Lipinski definition) is 2. The number of carbonyl (C=O) groups excluding carboxylic acids is 1. The van der Waals surface area contributed by atoms with Gasteiger partial charge < -0.3 is 10.1 Å². The second-order valence-electron chi connectivity index (χ2n) is 7.99. The molecule has 0 heterocycles. The second-order valence-corrected chi connectivity index (χ2v) is 12.5. The molecule has 0 aromatic heterocycles. The quantitative estimate of drug-likeness (QED) is 0.365. The number of nitrogens with zero attached hydrogens (tertiary/aromatic N) is 1. The molecule has 192 valence electrons. The fraction of sp³-hybridized carbons (Fsp3) is 0.208. The number of anilines is 2. The molecule has 0 aliphatic rings. The average Bonchev–Trinajstić information content (AvgIpc) is 2.83. The third kappa shape index (κ3) is 6.64. The highest BCUT2D eigenvalue weighted by atomic mass is 79.9. The van der Waals surface area contributed by atoms with Crippen LogP contribution in [0, 0.1) is 0 Å². The first-order valence-corrected chi connectivity index (χ1v) is 14.5. The van der Waals surface area contributed by atoms with Crippen LogP contribution in [-0.4, -0.2) is 42.4 Å². The third-order valence-corrected chi connectivity index (χ3v) is 8.85. The van der Waals surface area contributed by atoms with E-state index >= 15 is 0 Å². The van der Waals surface area contributed by atoms with Crippen LogP contribution in [0.25, 0.3) is 0 Å². The van der Waals surface area contributed by atoms with Gasteiger partial charge in [-0.25, -0.2) is 21.6 Å². The molecular weight excluding hydrogens is 570 g/mol. The van der Waals surface area contributed by atoms with Crippen molar-refractivity contribution in [3.8, 4) is 5.75 Å². The Labute approximate surface area is 219 Å². The second kappa shape index (κ2) is 11.4. The van der Waals surface area contributed by atoms with E-state index < -0.39 is 32.5 Å². The van der Waals surface area contributed by atoms with Crippen molar-refractivity contribution in [3.63, 3.8) is 0 Å². The van der Waals surface area contributed by atoms with Gasteiger partial charge in [0, 0.05) is 10.5 Å². The van der Waals surface area contributed by atoms with Gasteiger partial charge in [0.25, 0.3) is 10.0 Å². The largest absolute Gasteiger partial charge is 0.495 e. The van der Waals surface area contributed by atoms with Crippen molar-refractivity contribution < 1.29 is 26.4 Å². The number of methoxy groups -OCH3 is 1. The van der Waals surface area contributed by atoms with Crippen LogP contribution in [0.5, 0.6) is 5.75 Å². The lowest BCUT2D eigenvalue weighted by atomic mass is 10.3. The van der Waals surface area contributed by atoms with Gasteiger partial charge in [-0.1, -0.05) is 34.1 Å². The Balaban J connectivity index is 1.96. The lowest BCUT2D eigenvalue weighted by molar-refractivity contribution is -0.114. The summed E-state index contributed by atoms with van der Waals surface area (Å²) in [6, 6.07) is 17.9. The summed E-state index contributed by atoms with van der Waals surface area (Å²) in [5, 5.41) is 2.59. The van der Waals surface area contributed by atoms with E-state index in [1.807, 2.05) is 0 Å². The van der Waals surface area contributed by atoms with Crippen LogP contribution in [0.4, 0.5) is 11.4 Å². The monoisotopic (exact) mass is 595 g/mol. The van der Waals surface area contributed by atoms with Crippen LogP contribution >= 0.6 is 15.9 Å². The van der Waals surface area contributed by atoms with Gasteiger partial charge in [-0.15, -0.1) is 0 Å². The van der Waals surface area contributed by atoms with Crippen LogP contribution in [0.1, 0.15) is 13.8 Å². The first-order chi connectivity index (χ1) is 16.9. The molecule has 0 unspecified atom stereocenters. The van der Waals surface area contributed by atoms with Crippen LogP contribution in [0.3, 0.4) is 0 Å². The Morgan fingerprint density at radius 1 is 0.944 bits per heavy atom. The minimum absolute atomic E-state index is 0.0196. The maximum atomic E-state index is 13.4. The molecule has 0 fully saturated rings. The minimum atomic E-state index is -4.09. The SMILES string of the molecule is COc1ccc(S(=O)(=O)NC(C)C)cc1NC(=O)CN(c1ccc(Br)cc1)S(=O)(=O)c1ccccc1. The van der Waals surface area contributed by atoms with Gasteiger partial charge in [0.15, 0.2) is 0 Å². The van der Waals surface area contributed by atoms with E-state index in [9.17, 15) is 21.6 Å². The van der Waals surface area contributed by atoms with E-state index in [4.69, 9.17) is 4.74 Å². The molecule has 0 saturated heterocycles. The van der Waals surface area contributed by atoms with E-state index in [1.165, 1.54) is 37.4 Å². The zero-order valence-electron chi connectivity index (χ0n) is 19.8. The number of hydrogen-bond acceptors (Lipinski definition) is 6. The fourth-order valence-corrected chi connectivity index (χ4v) is 6.28. The number of amides is 1. The minimum Gasteiger partial charge on any atom is -0.495 e. The summed E-state index contributed by atoms with van der Waals surface area (Å²) in [5.41, 5.74) is 0.364. The molecule has 0 aliphatic heterocycles. The Bertz CT molecular complexity index is 1430. The number of ether oxygens (including phenoxy) is 1. The fourth-order valence-electron chi connectivity index (χ4n) is 3.29. The molecule has 36 heavy (non-hydrogen) atoms. The van der Waals surface area contributed by atoms with Crippen molar-refractivity contribution >= 4 is 53.3 Å². The molecule has 0 bridgehead atoms. The maximum absolute atomic E-state index is 13.4. The van der Waals surface area contributed by atoms with Gasteiger partial charge >= 0.3 is 0 Å². The van der Waals surface area contributed by atoms with E-state index in [0.717, 1.165) is 8.78 Å². The number of halogens is 1. The number of nitrogens with one attached hydrogen (secondary N) is 2. The zero-order valence-corrected chi connectivity index (χ0v) is 23.0. The summed E-state index contributed by atoms with van der Waals surface area (Å²) in [6.45, 7) is 2.81. The smallest absolute Gasteiger partial charge is 0.264 e. The van der Waals surface area contributed by atoms with E-state index in [2.05, 4.69) is 26.0 Å². The maximum Gasteiger partial charge on any atom is 0.264 e. The Kier molecular flexibility index (Phi) is 8.77. The summed E-state index contributed by atoms with van der Waals surface area (Å²) < 4.78 is 61.6. The van der Waals surface area contributed by atoms with Gasteiger partial charge in [-0.2, -0.15) is 0 Å². The Morgan fingerprint density at radius 2 is 1.58 bits per heavy atom. The Hall–Kier alpha value is -2.93. The molecule has 1 amide bonds. The number of benzene rings is 3. The molecule has 2 N–H and O–H groups in total. The van der Waals surface area contributed by atoms with Crippen molar-refractivity contribution in [2.24, 2.45) is 0 Å². The van der Waals surface area contributed by atoms with Crippen LogP contribution in [0.2, 0.25) is 0 Å². The molecular formula is C24H26BrN3O6S2. The van der Waals surface area contributed by atoms with Crippen molar-refractivity contribution in [2.75, 3.05) is 23.3 Å². The molecule has 0 saturated carbocycles. The predicted octanol–water partition coefficient (Wildman–Crippen LogP) is 3.98. The highest BCUT2D eigenvalue weighted by Crippen LogP contribution is 2.29. The van der Waals surface area contributed by atoms with Crippen LogP contribution < -0.4 is 19.1 Å². The highest BCUT2D eigenvalue weighted by molar-refractivity contribution is 9.10. The van der Waals surface area contributed by atoms with Gasteiger partial charge in [-0.05, 0) is 68.4 Å². The lowest BCUT2D eigenvalue weighted by Gasteiger charge is -2.24. The van der Waals surface area contributed by atoms with Crippen molar-refractivity contribution in [2.45, 2.75) is 29.7 Å². The van der Waals surface area contributed by atoms with E-state index in [0.29, 0.717) is 0 Å². The van der Waals surface area contributed by atoms with Gasteiger partial charge in [-0.3, -0.25) is 9.10 Å². The molecule has 3 aromatic carbocycles. The first-order valence-electron chi connectivity index (χ1n) is 10.8. The Morgan fingerprint density at radius 3 is 2.17 bits per heavy atom. The van der Waals surface area contributed by atoms with Crippen LogP contribution in [0.15, 0.2) is 87.1 Å². The molecule has 0 radical (unpaired) electrons.